The number of carbonyl (C=O) groups is 2. The minimum absolute atomic E-state index is 0.0890. The van der Waals surface area contributed by atoms with Crippen LogP contribution in [0.15, 0.2) is 24.3 Å². The third kappa shape index (κ3) is 4.87. The maximum Gasteiger partial charge on any atom is 0.305 e. The molecule has 0 radical (unpaired) electrons. The first-order valence-corrected chi connectivity index (χ1v) is 5.61. The lowest BCUT2D eigenvalue weighted by atomic mass is 10.1. The molecule has 92 valence electrons. The molecule has 0 aromatic heterocycles. The highest BCUT2D eigenvalue weighted by molar-refractivity contribution is 6.31. The Morgan fingerprint density at radius 1 is 1.41 bits per heavy atom. The van der Waals surface area contributed by atoms with Gasteiger partial charge >= 0.3 is 5.97 Å². The van der Waals surface area contributed by atoms with Crippen molar-refractivity contribution in [2.75, 3.05) is 0 Å². The van der Waals surface area contributed by atoms with Crippen molar-refractivity contribution >= 4 is 23.5 Å². The summed E-state index contributed by atoms with van der Waals surface area (Å²) in [6, 6.07) is 6.68. The first-order valence-electron chi connectivity index (χ1n) is 5.23. The molecule has 0 spiro atoms. The van der Waals surface area contributed by atoms with Crippen LogP contribution in [0.25, 0.3) is 0 Å². The lowest BCUT2D eigenvalue weighted by Gasteiger charge is -2.11. The van der Waals surface area contributed by atoms with Crippen molar-refractivity contribution in [3.63, 3.8) is 0 Å². The number of rotatable bonds is 5. The minimum atomic E-state index is -0.935. The third-order valence-corrected chi connectivity index (χ3v) is 2.57. The summed E-state index contributed by atoms with van der Waals surface area (Å²) in [6.45, 7) is 1.65. The van der Waals surface area contributed by atoms with Gasteiger partial charge < -0.3 is 10.4 Å². The number of carboxylic acids is 1. The molecule has 0 unspecified atom stereocenters. The number of carbonyl (C=O) groups excluding carboxylic acids is 1. The largest absolute Gasteiger partial charge is 0.481 e. The summed E-state index contributed by atoms with van der Waals surface area (Å²) >= 11 is 5.92. The van der Waals surface area contributed by atoms with Crippen molar-refractivity contribution in [3.8, 4) is 0 Å². The molecule has 4 nitrogen and oxygen atoms in total. The van der Waals surface area contributed by atoms with Crippen LogP contribution in [-0.4, -0.2) is 23.0 Å². The maximum atomic E-state index is 11.6. The van der Waals surface area contributed by atoms with Gasteiger partial charge in [0.15, 0.2) is 0 Å². The van der Waals surface area contributed by atoms with Crippen LogP contribution in [0.3, 0.4) is 0 Å². The zero-order valence-electron chi connectivity index (χ0n) is 9.44. The molecule has 1 rings (SSSR count). The number of aliphatic carboxylic acids is 1. The normalized spacial score (nSPS) is 11.9. The molecule has 0 bridgehead atoms. The number of amides is 1. The van der Waals surface area contributed by atoms with Gasteiger partial charge in [-0.15, -0.1) is 0 Å². The fraction of sp³-hybridized carbons (Fsp3) is 0.333. The number of nitrogens with one attached hydrogen (secondary N) is 1. The smallest absolute Gasteiger partial charge is 0.305 e. The summed E-state index contributed by atoms with van der Waals surface area (Å²) in [6.07, 6.45) is 0.0674. The van der Waals surface area contributed by atoms with Crippen LogP contribution in [-0.2, 0) is 16.0 Å². The Kier molecular flexibility index (Phi) is 4.97. The van der Waals surface area contributed by atoms with Gasteiger partial charge in [-0.3, -0.25) is 9.59 Å². The van der Waals surface area contributed by atoms with E-state index in [1.807, 2.05) is 0 Å². The number of benzene rings is 1. The molecule has 0 saturated carbocycles. The van der Waals surface area contributed by atoms with Crippen molar-refractivity contribution in [1.29, 1.82) is 0 Å². The molecular weight excluding hydrogens is 242 g/mol. The molecule has 0 heterocycles. The first kappa shape index (κ1) is 13.5. The summed E-state index contributed by atoms with van der Waals surface area (Å²) in [7, 11) is 0. The lowest BCUT2D eigenvalue weighted by Crippen LogP contribution is -2.35. The van der Waals surface area contributed by atoms with Crippen LogP contribution < -0.4 is 5.32 Å². The second-order valence-corrected chi connectivity index (χ2v) is 4.24. The standard InChI is InChI=1S/C12H14ClNO3/c1-8(6-12(16)17)14-11(15)7-9-4-2-3-5-10(9)13/h2-5,8H,6-7H2,1H3,(H,14,15)(H,16,17)/t8-/m1/s1. The summed E-state index contributed by atoms with van der Waals surface area (Å²) in [4.78, 5) is 22.0. The van der Waals surface area contributed by atoms with Gasteiger partial charge in [0.1, 0.15) is 0 Å². The number of halogens is 1. The summed E-state index contributed by atoms with van der Waals surface area (Å²) in [5.74, 6) is -1.16. The Hall–Kier alpha value is -1.55. The number of carboxylic acid groups (broad SMARTS) is 1. The highest BCUT2D eigenvalue weighted by atomic mass is 35.5. The quantitative estimate of drug-likeness (QED) is 0.844. The van der Waals surface area contributed by atoms with Crippen molar-refractivity contribution in [3.05, 3.63) is 34.9 Å². The zero-order valence-corrected chi connectivity index (χ0v) is 10.2. The van der Waals surface area contributed by atoms with Gasteiger partial charge in [0.25, 0.3) is 0 Å². The third-order valence-electron chi connectivity index (χ3n) is 2.20. The Labute approximate surface area is 105 Å². The summed E-state index contributed by atoms with van der Waals surface area (Å²) in [5.41, 5.74) is 0.731. The van der Waals surface area contributed by atoms with Crippen LogP contribution in [0.5, 0.6) is 0 Å². The monoisotopic (exact) mass is 255 g/mol. The molecular formula is C12H14ClNO3. The van der Waals surface area contributed by atoms with Crippen molar-refractivity contribution in [2.45, 2.75) is 25.8 Å². The van der Waals surface area contributed by atoms with Crippen LogP contribution in [0, 0.1) is 0 Å². The molecule has 1 atom stereocenters. The highest BCUT2D eigenvalue weighted by Gasteiger charge is 2.12. The van der Waals surface area contributed by atoms with E-state index in [-0.39, 0.29) is 24.8 Å². The van der Waals surface area contributed by atoms with Crippen LogP contribution in [0.4, 0.5) is 0 Å². The molecule has 2 N–H and O–H groups in total. The topological polar surface area (TPSA) is 66.4 Å². The van der Waals surface area contributed by atoms with Crippen LogP contribution >= 0.6 is 11.6 Å². The number of hydrogen-bond acceptors (Lipinski definition) is 2. The highest BCUT2D eigenvalue weighted by Crippen LogP contribution is 2.15. The van der Waals surface area contributed by atoms with E-state index in [1.54, 1.807) is 31.2 Å². The van der Waals surface area contributed by atoms with Crippen molar-refractivity contribution < 1.29 is 14.7 Å². The average Bonchev–Trinajstić information content (AvgIpc) is 2.19. The summed E-state index contributed by atoms with van der Waals surface area (Å²) in [5, 5.41) is 11.7. The second kappa shape index (κ2) is 6.25. The zero-order chi connectivity index (χ0) is 12.8. The van der Waals surface area contributed by atoms with Crippen molar-refractivity contribution in [1.82, 2.24) is 5.32 Å². The molecule has 1 aromatic rings. The lowest BCUT2D eigenvalue weighted by molar-refractivity contribution is -0.137. The first-order chi connectivity index (χ1) is 7.99. The molecule has 0 fully saturated rings. The Balaban J connectivity index is 2.50. The molecule has 0 saturated heterocycles. The molecule has 5 heteroatoms. The van der Waals surface area contributed by atoms with Gasteiger partial charge in [-0.05, 0) is 18.6 Å². The van der Waals surface area contributed by atoms with Gasteiger partial charge in [-0.2, -0.15) is 0 Å². The van der Waals surface area contributed by atoms with Crippen LogP contribution in [0.2, 0.25) is 5.02 Å². The summed E-state index contributed by atoms with van der Waals surface area (Å²) < 4.78 is 0. The van der Waals surface area contributed by atoms with E-state index < -0.39 is 5.97 Å². The van der Waals surface area contributed by atoms with E-state index in [4.69, 9.17) is 16.7 Å². The maximum absolute atomic E-state index is 11.6. The molecule has 0 aliphatic heterocycles. The second-order valence-electron chi connectivity index (χ2n) is 3.83. The fourth-order valence-corrected chi connectivity index (χ4v) is 1.66. The van der Waals surface area contributed by atoms with Gasteiger partial charge in [0.05, 0.1) is 12.8 Å². The SMILES string of the molecule is C[C@H](CC(=O)O)NC(=O)Cc1ccccc1Cl. The molecule has 1 amide bonds. The Morgan fingerprint density at radius 3 is 2.65 bits per heavy atom. The minimum Gasteiger partial charge on any atom is -0.481 e. The van der Waals surface area contributed by atoms with Gasteiger partial charge in [-0.1, -0.05) is 29.8 Å². The average molecular weight is 256 g/mol. The van der Waals surface area contributed by atoms with Crippen molar-refractivity contribution in [2.24, 2.45) is 0 Å². The van der Waals surface area contributed by atoms with E-state index in [1.165, 1.54) is 0 Å². The van der Waals surface area contributed by atoms with E-state index in [0.29, 0.717) is 5.02 Å². The molecule has 17 heavy (non-hydrogen) atoms. The number of hydrogen-bond donors (Lipinski definition) is 2. The van der Waals surface area contributed by atoms with E-state index in [0.717, 1.165) is 5.56 Å². The van der Waals surface area contributed by atoms with Gasteiger partial charge in [0, 0.05) is 11.1 Å². The predicted molar refractivity (Wildman–Crippen MR) is 65.0 cm³/mol. The predicted octanol–water partition coefficient (Wildman–Crippen LogP) is 1.86. The van der Waals surface area contributed by atoms with Gasteiger partial charge in [0.2, 0.25) is 5.91 Å². The van der Waals surface area contributed by atoms with Gasteiger partial charge in [-0.25, -0.2) is 0 Å². The Bertz CT molecular complexity index is 420. The van der Waals surface area contributed by atoms with E-state index in [9.17, 15) is 9.59 Å². The molecule has 0 aliphatic carbocycles. The molecule has 1 aromatic carbocycles. The molecule has 0 aliphatic rings. The fourth-order valence-electron chi connectivity index (χ4n) is 1.45. The van der Waals surface area contributed by atoms with Crippen LogP contribution in [0.1, 0.15) is 18.9 Å². The van der Waals surface area contributed by atoms with E-state index in [2.05, 4.69) is 5.32 Å². The Morgan fingerprint density at radius 2 is 2.06 bits per heavy atom. The van der Waals surface area contributed by atoms with E-state index >= 15 is 0 Å².